The minimum atomic E-state index is -4.47. The van der Waals surface area contributed by atoms with Crippen LogP contribution in [0.3, 0.4) is 0 Å². The number of hydrogen-bond donors (Lipinski definition) is 1. The quantitative estimate of drug-likeness (QED) is 0.803. The predicted molar refractivity (Wildman–Crippen MR) is 99.9 cm³/mol. The van der Waals surface area contributed by atoms with Gasteiger partial charge in [-0.3, -0.25) is 14.5 Å². The van der Waals surface area contributed by atoms with Crippen molar-refractivity contribution >= 4 is 11.8 Å². The highest BCUT2D eigenvalue weighted by Gasteiger charge is 2.37. The SMILES string of the molecule is CN(C(=O)CC1C(=O)NCCN1Cc1ccccc1C(F)(F)F)C1CCOCC1. The third-order valence-electron chi connectivity index (χ3n) is 5.64. The van der Waals surface area contributed by atoms with E-state index in [1.54, 1.807) is 22.9 Å². The van der Waals surface area contributed by atoms with Crippen molar-refractivity contribution in [2.75, 3.05) is 33.4 Å². The molecule has 3 rings (SSSR count). The van der Waals surface area contributed by atoms with Crippen LogP contribution in [0.25, 0.3) is 0 Å². The fourth-order valence-electron chi connectivity index (χ4n) is 3.91. The van der Waals surface area contributed by atoms with Gasteiger partial charge < -0.3 is 15.0 Å². The summed E-state index contributed by atoms with van der Waals surface area (Å²) in [6.07, 6.45) is -3.05. The molecule has 0 aliphatic carbocycles. The molecule has 0 bridgehead atoms. The lowest BCUT2D eigenvalue weighted by Crippen LogP contribution is -2.56. The zero-order chi connectivity index (χ0) is 21.0. The average Bonchev–Trinajstić information content (AvgIpc) is 2.70. The number of hydrogen-bond acceptors (Lipinski definition) is 4. The molecule has 1 aromatic rings. The summed E-state index contributed by atoms with van der Waals surface area (Å²) in [5.41, 5.74) is -0.611. The Balaban J connectivity index is 1.73. The van der Waals surface area contributed by atoms with E-state index in [9.17, 15) is 22.8 Å². The second-order valence-electron chi connectivity index (χ2n) is 7.48. The van der Waals surface area contributed by atoms with E-state index in [1.165, 1.54) is 12.1 Å². The number of nitrogens with zero attached hydrogens (tertiary/aromatic N) is 2. The number of alkyl halides is 3. The first-order valence-electron chi connectivity index (χ1n) is 9.77. The number of ether oxygens (including phenoxy) is 1. The lowest BCUT2D eigenvalue weighted by molar-refractivity contribution is -0.141. The molecule has 2 aliphatic rings. The molecule has 29 heavy (non-hydrogen) atoms. The van der Waals surface area contributed by atoms with E-state index in [0.29, 0.717) is 26.3 Å². The van der Waals surface area contributed by atoms with Gasteiger partial charge in [0.1, 0.15) is 0 Å². The Morgan fingerprint density at radius 3 is 2.66 bits per heavy atom. The van der Waals surface area contributed by atoms with Crippen LogP contribution in [0.4, 0.5) is 13.2 Å². The van der Waals surface area contributed by atoms with Crippen molar-refractivity contribution < 1.29 is 27.5 Å². The Labute approximate surface area is 168 Å². The van der Waals surface area contributed by atoms with Crippen molar-refractivity contribution in [3.8, 4) is 0 Å². The van der Waals surface area contributed by atoms with Gasteiger partial charge in [0.05, 0.1) is 18.0 Å². The van der Waals surface area contributed by atoms with Crippen molar-refractivity contribution in [1.82, 2.24) is 15.1 Å². The summed E-state index contributed by atoms with van der Waals surface area (Å²) in [4.78, 5) is 28.5. The van der Waals surface area contributed by atoms with Crippen LogP contribution in [0, 0.1) is 0 Å². The van der Waals surface area contributed by atoms with Crippen LogP contribution in [-0.4, -0.2) is 67.0 Å². The van der Waals surface area contributed by atoms with E-state index >= 15 is 0 Å². The maximum Gasteiger partial charge on any atom is 0.416 e. The number of halogens is 3. The fourth-order valence-corrected chi connectivity index (χ4v) is 3.91. The zero-order valence-corrected chi connectivity index (χ0v) is 16.4. The van der Waals surface area contributed by atoms with Gasteiger partial charge in [-0.05, 0) is 24.5 Å². The summed E-state index contributed by atoms with van der Waals surface area (Å²) in [5.74, 6) is -0.512. The van der Waals surface area contributed by atoms with Crippen LogP contribution in [-0.2, 0) is 27.0 Å². The van der Waals surface area contributed by atoms with Gasteiger partial charge in [-0.15, -0.1) is 0 Å². The molecular weight excluding hydrogens is 387 g/mol. The number of rotatable bonds is 5. The Bertz CT molecular complexity index is 735. The molecule has 2 amide bonds. The van der Waals surface area contributed by atoms with Crippen LogP contribution in [0.15, 0.2) is 24.3 Å². The lowest BCUT2D eigenvalue weighted by atomic mass is 10.0. The van der Waals surface area contributed by atoms with Crippen molar-refractivity contribution in [1.29, 1.82) is 0 Å². The average molecular weight is 413 g/mol. The van der Waals surface area contributed by atoms with E-state index in [2.05, 4.69) is 5.32 Å². The number of amides is 2. The van der Waals surface area contributed by atoms with E-state index in [0.717, 1.165) is 18.9 Å². The highest BCUT2D eigenvalue weighted by molar-refractivity contribution is 5.88. The molecular formula is C20H26F3N3O3. The standard InChI is InChI=1S/C20H26F3N3O3/c1-25(15-6-10-29-11-7-15)18(27)12-17-19(28)24-8-9-26(17)13-14-4-2-3-5-16(14)20(21,22)23/h2-5,15,17H,6-13H2,1H3,(H,24,28). The van der Waals surface area contributed by atoms with Gasteiger partial charge in [-0.25, -0.2) is 0 Å². The summed E-state index contributed by atoms with van der Waals surface area (Å²) < 4.78 is 45.3. The molecule has 2 fully saturated rings. The van der Waals surface area contributed by atoms with Gasteiger partial charge in [0.2, 0.25) is 11.8 Å². The van der Waals surface area contributed by atoms with Crippen molar-refractivity contribution in [2.45, 2.75) is 44.1 Å². The van der Waals surface area contributed by atoms with Gasteiger partial charge >= 0.3 is 6.18 Å². The van der Waals surface area contributed by atoms with Crippen LogP contribution >= 0.6 is 0 Å². The lowest BCUT2D eigenvalue weighted by Gasteiger charge is -2.37. The minimum absolute atomic E-state index is 0.0396. The largest absolute Gasteiger partial charge is 0.416 e. The molecule has 0 spiro atoms. The van der Waals surface area contributed by atoms with E-state index in [-0.39, 0.29) is 36.4 Å². The molecule has 0 radical (unpaired) electrons. The summed E-state index contributed by atoms with van der Waals surface area (Å²) >= 11 is 0. The van der Waals surface area contributed by atoms with E-state index in [4.69, 9.17) is 4.74 Å². The van der Waals surface area contributed by atoms with Crippen molar-refractivity contribution in [3.05, 3.63) is 35.4 Å². The Hall–Kier alpha value is -2.13. The summed E-state index contributed by atoms with van der Waals surface area (Å²) in [6.45, 7) is 1.87. The fraction of sp³-hybridized carbons (Fsp3) is 0.600. The maximum absolute atomic E-state index is 13.3. The molecule has 0 saturated carbocycles. The van der Waals surface area contributed by atoms with E-state index in [1.807, 2.05) is 0 Å². The highest BCUT2D eigenvalue weighted by atomic mass is 19.4. The molecule has 2 saturated heterocycles. The molecule has 2 aliphatic heterocycles. The van der Waals surface area contributed by atoms with Crippen LogP contribution in [0.5, 0.6) is 0 Å². The topological polar surface area (TPSA) is 61.9 Å². The van der Waals surface area contributed by atoms with Crippen molar-refractivity contribution in [2.24, 2.45) is 0 Å². The molecule has 1 aromatic carbocycles. The van der Waals surface area contributed by atoms with Crippen LogP contribution in [0.2, 0.25) is 0 Å². The highest BCUT2D eigenvalue weighted by Crippen LogP contribution is 2.33. The Morgan fingerprint density at radius 2 is 1.97 bits per heavy atom. The molecule has 0 aromatic heterocycles. The predicted octanol–water partition coefficient (Wildman–Crippen LogP) is 2.03. The summed E-state index contributed by atoms with van der Waals surface area (Å²) in [6, 6.07) is 4.62. The first-order valence-corrected chi connectivity index (χ1v) is 9.77. The monoisotopic (exact) mass is 413 g/mol. The van der Waals surface area contributed by atoms with Crippen molar-refractivity contribution in [3.63, 3.8) is 0 Å². The number of carbonyl (C=O) groups is 2. The maximum atomic E-state index is 13.3. The normalized spacial score (nSPS) is 21.7. The Morgan fingerprint density at radius 1 is 1.28 bits per heavy atom. The third-order valence-corrected chi connectivity index (χ3v) is 5.64. The summed E-state index contributed by atoms with van der Waals surface area (Å²) in [5, 5.41) is 2.72. The molecule has 1 N–H and O–H groups in total. The molecule has 1 atom stereocenters. The van der Waals surface area contributed by atoms with Gasteiger partial charge in [-0.2, -0.15) is 13.2 Å². The zero-order valence-electron chi connectivity index (χ0n) is 16.4. The molecule has 9 heteroatoms. The third kappa shape index (κ3) is 5.27. The molecule has 6 nitrogen and oxygen atoms in total. The number of piperazine rings is 1. The Kier molecular flexibility index (Phi) is 6.79. The van der Waals surface area contributed by atoms with Gasteiger partial charge in [0, 0.05) is 45.9 Å². The van der Waals surface area contributed by atoms with E-state index < -0.39 is 17.8 Å². The second kappa shape index (κ2) is 9.13. The number of nitrogens with one attached hydrogen (secondary N) is 1. The van der Waals surface area contributed by atoms with Crippen LogP contribution in [0.1, 0.15) is 30.4 Å². The molecule has 2 heterocycles. The van der Waals surface area contributed by atoms with Gasteiger partial charge in [0.15, 0.2) is 0 Å². The number of benzene rings is 1. The minimum Gasteiger partial charge on any atom is -0.381 e. The first kappa shape index (κ1) is 21.6. The van der Waals surface area contributed by atoms with Gasteiger partial charge in [-0.1, -0.05) is 18.2 Å². The molecule has 160 valence electrons. The second-order valence-corrected chi connectivity index (χ2v) is 7.48. The van der Waals surface area contributed by atoms with Gasteiger partial charge in [0.25, 0.3) is 0 Å². The first-order chi connectivity index (χ1) is 13.8. The van der Waals surface area contributed by atoms with Crippen LogP contribution < -0.4 is 5.32 Å². The summed E-state index contributed by atoms with van der Waals surface area (Å²) in [7, 11) is 1.71. The molecule has 1 unspecified atom stereocenters. The number of carbonyl (C=O) groups excluding carboxylic acids is 2. The smallest absolute Gasteiger partial charge is 0.381 e.